The fourth-order valence-corrected chi connectivity index (χ4v) is 2.66. The standard InChI is InChI=1S/C13H22N2O3/c1-12(2)10(13(12,3)4)14-11(18)15(7-9(16)17)8-5-6-8/h8,10H,5-7H2,1-4H3,(H,14,18)(H,16,17). The molecule has 102 valence electrons. The fourth-order valence-electron chi connectivity index (χ4n) is 2.66. The van der Waals surface area contributed by atoms with Crippen LogP contribution in [0.4, 0.5) is 4.79 Å². The molecule has 0 unspecified atom stereocenters. The van der Waals surface area contributed by atoms with Crippen molar-refractivity contribution < 1.29 is 14.7 Å². The molecule has 0 aliphatic heterocycles. The first-order valence-corrected chi connectivity index (χ1v) is 6.47. The summed E-state index contributed by atoms with van der Waals surface area (Å²) in [5.74, 6) is -0.952. The zero-order valence-corrected chi connectivity index (χ0v) is 11.5. The van der Waals surface area contributed by atoms with Crippen molar-refractivity contribution in [3.8, 4) is 0 Å². The molecule has 0 aromatic heterocycles. The number of rotatable bonds is 4. The van der Waals surface area contributed by atoms with Crippen molar-refractivity contribution in [1.82, 2.24) is 10.2 Å². The molecule has 0 spiro atoms. The minimum Gasteiger partial charge on any atom is -0.480 e. The monoisotopic (exact) mass is 254 g/mol. The molecule has 2 rings (SSSR count). The van der Waals surface area contributed by atoms with Gasteiger partial charge in [-0.1, -0.05) is 27.7 Å². The topological polar surface area (TPSA) is 69.6 Å². The van der Waals surface area contributed by atoms with Crippen LogP contribution in [-0.4, -0.2) is 40.6 Å². The number of nitrogens with one attached hydrogen (secondary N) is 1. The van der Waals surface area contributed by atoms with E-state index in [-0.39, 0.29) is 35.5 Å². The van der Waals surface area contributed by atoms with Gasteiger partial charge in [0.1, 0.15) is 6.54 Å². The van der Waals surface area contributed by atoms with Gasteiger partial charge in [-0.15, -0.1) is 0 Å². The molecule has 18 heavy (non-hydrogen) atoms. The van der Waals surface area contributed by atoms with Crippen LogP contribution in [0.2, 0.25) is 0 Å². The van der Waals surface area contributed by atoms with Crippen LogP contribution >= 0.6 is 0 Å². The minimum absolute atomic E-state index is 0.0705. The molecule has 5 heteroatoms. The van der Waals surface area contributed by atoms with E-state index in [0.29, 0.717) is 0 Å². The Morgan fingerprint density at radius 2 is 1.72 bits per heavy atom. The summed E-state index contributed by atoms with van der Waals surface area (Å²) in [4.78, 5) is 24.4. The lowest BCUT2D eigenvalue weighted by atomic mass is 10.0. The number of urea groups is 1. The smallest absolute Gasteiger partial charge is 0.323 e. The number of hydrogen-bond acceptors (Lipinski definition) is 2. The summed E-state index contributed by atoms with van der Waals surface area (Å²) < 4.78 is 0. The van der Waals surface area contributed by atoms with Gasteiger partial charge >= 0.3 is 12.0 Å². The van der Waals surface area contributed by atoms with Crippen molar-refractivity contribution in [2.45, 2.75) is 52.6 Å². The van der Waals surface area contributed by atoms with E-state index in [1.807, 2.05) is 0 Å². The predicted molar refractivity (Wildman–Crippen MR) is 67.2 cm³/mol. The molecule has 2 aliphatic carbocycles. The number of carbonyl (C=O) groups is 2. The second-order valence-corrected chi connectivity index (χ2v) is 6.58. The van der Waals surface area contributed by atoms with Crippen LogP contribution in [0.5, 0.6) is 0 Å². The number of carboxylic acid groups (broad SMARTS) is 1. The number of amides is 2. The van der Waals surface area contributed by atoms with Gasteiger partial charge in [0.15, 0.2) is 0 Å². The molecule has 0 saturated heterocycles. The molecular formula is C13H22N2O3. The van der Waals surface area contributed by atoms with Gasteiger partial charge in [0, 0.05) is 12.1 Å². The van der Waals surface area contributed by atoms with Crippen molar-refractivity contribution in [3.63, 3.8) is 0 Å². The second-order valence-electron chi connectivity index (χ2n) is 6.58. The Labute approximate surface area is 108 Å². The molecule has 5 nitrogen and oxygen atoms in total. The first-order chi connectivity index (χ1) is 8.18. The van der Waals surface area contributed by atoms with Crippen LogP contribution in [0.1, 0.15) is 40.5 Å². The fraction of sp³-hybridized carbons (Fsp3) is 0.846. The van der Waals surface area contributed by atoms with Crippen LogP contribution in [-0.2, 0) is 4.79 Å². The predicted octanol–water partition coefficient (Wildman–Crippen LogP) is 1.68. The molecule has 0 aromatic rings. The van der Waals surface area contributed by atoms with Gasteiger partial charge < -0.3 is 15.3 Å². The molecular weight excluding hydrogens is 232 g/mol. The molecule has 0 aromatic carbocycles. The molecule has 0 heterocycles. The van der Waals surface area contributed by atoms with Gasteiger partial charge in [-0.2, -0.15) is 0 Å². The van der Waals surface area contributed by atoms with E-state index >= 15 is 0 Å². The number of nitrogens with zero attached hydrogens (tertiary/aromatic N) is 1. The highest BCUT2D eigenvalue weighted by atomic mass is 16.4. The lowest BCUT2D eigenvalue weighted by molar-refractivity contribution is -0.137. The van der Waals surface area contributed by atoms with Crippen molar-refractivity contribution in [2.75, 3.05) is 6.54 Å². The van der Waals surface area contributed by atoms with E-state index < -0.39 is 5.97 Å². The first-order valence-electron chi connectivity index (χ1n) is 6.47. The van der Waals surface area contributed by atoms with Crippen LogP contribution in [0.25, 0.3) is 0 Å². The van der Waals surface area contributed by atoms with Crippen molar-refractivity contribution in [2.24, 2.45) is 10.8 Å². The van der Waals surface area contributed by atoms with E-state index in [2.05, 4.69) is 33.0 Å². The Bertz CT molecular complexity index is 372. The van der Waals surface area contributed by atoms with Gasteiger partial charge in [0.25, 0.3) is 0 Å². The van der Waals surface area contributed by atoms with Gasteiger partial charge in [-0.05, 0) is 23.7 Å². The molecule has 2 saturated carbocycles. The third-order valence-electron chi connectivity index (χ3n) is 4.84. The van der Waals surface area contributed by atoms with E-state index in [4.69, 9.17) is 5.11 Å². The van der Waals surface area contributed by atoms with Gasteiger partial charge in [0.05, 0.1) is 0 Å². The lowest BCUT2D eigenvalue weighted by Crippen LogP contribution is -2.46. The Hall–Kier alpha value is -1.26. The minimum atomic E-state index is -0.952. The van der Waals surface area contributed by atoms with Crippen LogP contribution in [0.15, 0.2) is 0 Å². The molecule has 2 aliphatic rings. The molecule has 2 fully saturated rings. The summed E-state index contributed by atoms with van der Waals surface area (Å²) in [6, 6.07) is 0.00201. The molecule has 2 amide bonds. The average Bonchev–Trinajstić information content (AvgIpc) is 3.10. The zero-order chi connectivity index (χ0) is 13.7. The third-order valence-corrected chi connectivity index (χ3v) is 4.84. The molecule has 0 bridgehead atoms. The maximum Gasteiger partial charge on any atom is 0.323 e. The van der Waals surface area contributed by atoms with E-state index in [9.17, 15) is 9.59 Å². The molecule has 0 radical (unpaired) electrons. The highest BCUT2D eigenvalue weighted by Crippen LogP contribution is 2.62. The quantitative estimate of drug-likeness (QED) is 0.802. The Morgan fingerprint density at radius 1 is 1.22 bits per heavy atom. The van der Waals surface area contributed by atoms with Crippen molar-refractivity contribution in [1.29, 1.82) is 0 Å². The zero-order valence-electron chi connectivity index (χ0n) is 11.5. The Morgan fingerprint density at radius 3 is 2.06 bits per heavy atom. The summed E-state index contributed by atoms with van der Waals surface area (Å²) in [6.45, 7) is 8.28. The van der Waals surface area contributed by atoms with Gasteiger partial charge in [-0.25, -0.2) is 4.79 Å². The molecule has 2 N–H and O–H groups in total. The van der Waals surface area contributed by atoms with Crippen LogP contribution in [0.3, 0.4) is 0 Å². The number of aliphatic carboxylic acids is 1. The largest absolute Gasteiger partial charge is 0.480 e. The number of carbonyl (C=O) groups excluding carboxylic acids is 1. The number of carboxylic acids is 1. The Balaban J connectivity index is 1.97. The normalized spacial score (nSPS) is 24.4. The second kappa shape index (κ2) is 3.87. The summed E-state index contributed by atoms with van der Waals surface area (Å²) >= 11 is 0. The van der Waals surface area contributed by atoms with Crippen LogP contribution < -0.4 is 5.32 Å². The number of hydrogen-bond donors (Lipinski definition) is 2. The van der Waals surface area contributed by atoms with Gasteiger partial charge in [0.2, 0.25) is 0 Å². The maximum absolute atomic E-state index is 12.1. The first kappa shape index (κ1) is 13.2. The highest BCUT2D eigenvalue weighted by molar-refractivity contribution is 5.81. The summed E-state index contributed by atoms with van der Waals surface area (Å²) in [5.41, 5.74) is 0.141. The van der Waals surface area contributed by atoms with Gasteiger partial charge in [-0.3, -0.25) is 4.79 Å². The Kier molecular flexibility index (Phi) is 2.83. The van der Waals surface area contributed by atoms with E-state index in [0.717, 1.165) is 12.8 Å². The van der Waals surface area contributed by atoms with E-state index in [1.165, 1.54) is 4.90 Å². The van der Waals surface area contributed by atoms with E-state index in [1.54, 1.807) is 0 Å². The van der Waals surface area contributed by atoms with Crippen molar-refractivity contribution in [3.05, 3.63) is 0 Å². The van der Waals surface area contributed by atoms with Crippen molar-refractivity contribution >= 4 is 12.0 Å². The maximum atomic E-state index is 12.1. The highest BCUT2D eigenvalue weighted by Gasteiger charge is 2.65. The van der Waals surface area contributed by atoms with Crippen LogP contribution in [0, 0.1) is 10.8 Å². The third kappa shape index (κ3) is 2.06. The average molecular weight is 254 g/mol. The molecule has 0 atom stereocenters. The summed E-state index contributed by atoms with van der Waals surface area (Å²) in [6.07, 6.45) is 1.83. The lowest BCUT2D eigenvalue weighted by Gasteiger charge is -2.21. The summed E-state index contributed by atoms with van der Waals surface area (Å²) in [5, 5.41) is 11.8. The SMILES string of the molecule is CC1(C)C(NC(=O)N(CC(=O)O)C2CC2)C1(C)C. The summed E-state index contributed by atoms with van der Waals surface area (Å²) in [7, 11) is 0.